The number of likely N-dealkylation sites (N-methyl/N-ethyl adjacent to an activating group) is 1. The van der Waals surface area contributed by atoms with Crippen LogP contribution in [0.15, 0.2) is 0 Å². The maximum Gasteiger partial charge on any atom is 0.397 e. The van der Waals surface area contributed by atoms with Crippen LogP contribution in [0.1, 0.15) is 233 Å². The number of aliphatic hydroxyl groups excluding tert-OH is 1. The summed E-state index contributed by atoms with van der Waals surface area (Å²) in [5, 5.41) is 19.9. The van der Waals surface area contributed by atoms with Gasteiger partial charge >= 0.3 is 10.4 Å². The highest BCUT2D eigenvalue weighted by atomic mass is 32.3. The van der Waals surface area contributed by atoms with Gasteiger partial charge in [0, 0.05) is 24.9 Å². The fourth-order valence-corrected chi connectivity index (χ4v) is 7.36. The smallest absolute Gasteiger partial charge is 0.394 e. The van der Waals surface area contributed by atoms with Crippen LogP contribution in [0.2, 0.25) is 0 Å². The summed E-state index contributed by atoms with van der Waals surface area (Å²) in [7, 11) is -1.50. The lowest BCUT2D eigenvalue weighted by Gasteiger charge is -2.42. The Balaban J connectivity index is 0. The molecule has 2 amide bonds. The lowest BCUT2D eigenvalue weighted by molar-refractivity contribution is -0.123. The summed E-state index contributed by atoms with van der Waals surface area (Å²) in [5.74, 6) is 0.0400. The van der Waals surface area contributed by atoms with Gasteiger partial charge in [-0.2, -0.15) is 8.42 Å². The van der Waals surface area contributed by atoms with Gasteiger partial charge in [0.2, 0.25) is 11.8 Å². The molecule has 10 nitrogen and oxygen atoms in total. The number of rotatable bonds is 39. The monoisotopic (exact) mass is 806 g/mol. The molecule has 0 aliphatic carbocycles. The molecule has 2 atom stereocenters. The maximum atomic E-state index is 12.8. The lowest BCUT2D eigenvalue weighted by atomic mass is 9.84. The molecule has 0 aromatic carbocycles. The highest BCUT2D eigenvalue weighted by Gasteiger charge is 2.41. The number of nitrogens with one attached hydrogen (secondary N) is 3. The lowest BCUT2D eigenvalue weighted by Crippen LogP contribution is -2.70. The number of hydrogen-bond acceptors (Lipinski definition) is 7. The van der Waals surface area contributed by atoms with Gasteiger partial charge in [0.25, 0.3) is 0 Å². The van der Waals surface area contributed by atoms with E-state index in [1.54, 1.807) is 7.05 Å². The molecule has 0 heterocycles. The number of carbonyl (C=O) groups is 2. The van der Waals surface area contributed by atoms with Gasteiger partial charge < -0.3 is 21.1 Å². The zero-order chi connectivity index (χ0) is 41.5. The predicted octanol–water partition coefficient (Wildman–Crippen LogP) is 10.9. The van der Waals surface area contributed by atoms with E-state index in [0.717, 1.165) is 32.8 Å². The van der Waals surface area contributed by atoms with Crippen molar-refractivity contribution in [3.63, 3.8) is 0 Å². The molecule has 330 valence electrons. The minimum atomic E-state index is -4.16. The van der Waals surface area contributed by atoms with E-state index in [2.05, 4.69) is 34.0 Å². The molecule has 0 aromatic heterocycles. The molecule has 11 heteroatoms. The number of carbonyl (C=O) groups excluding carboxylic acids is 2. The summed E-state index contributed by atoms with van der Waals surface area (Å²) < 4.78 is 29.7. The first-order valence-corrected chi connectivity index (χ1v) is 24.2. The van der Waals surface area contributed by atoms with E-state index in [9.17, 15) is 23.1 Å². The van der Waals surface area contributed by atoms with Crippen molar-refractivity contribution >= 4 is 22.2 Å². The standard InChI is InChI=1S/C43H87N3O3.CH4O4S/c1-6-8-10-12-14-16-18-20-22-24-26-28-30-32-34-36-41(48)45-39(3)43(38-47,44-5)40(4)46-42(49)37-35-33-31-29-27-25-23-21-19-17-15-13-11-9-7-2;1-5-6(2,3)4/h39-40,44,47H,6-38H2,1-5H3,(H,45,48)(H,46,49);1H3,(H,2,3,4). The van der Waals surface area contributed by atoms with Crippen LogP contribution in [0.5, 0.6) is 0 Å². The number of hydrogen-bond donors (Lipinski definition) is 5. The van der Waals surface area contributed by atoms with Gasteiger partial charge in [-0.15, -0.1) is 0 Å². The Morgan fingerprint density at radius 1 is 0.527 bits per heavy atom. The Labute approximate surface area is 340 Å². The van der Waals surface area contributed by atoms with Crippen molar-refractivity contribution in [3.05, 3.63) is 0 Å². The molecule has 5 N–H and O–H groups in total. The zero-order valence-corrected chi connectivity index (χ0v) is 37.6. The van der Waals surface area contributed by atoms with Gasteiger partial charge in [0.1, 0.15) is 0 Å². The highest BCUT2D eigenvalue weighted by Crippen LogP contribution is 2.18. The second-order valence-corrected chi connectivity index (χ2v) is 17.2. The second-order valence-electron chi connectivity index (χ2n) is 16.0. The largest absolute Gasteiger partial charge is 0.397 e. The van der Waals surface area contributed by atoms with Gasteiger partial charge in [0.15, 0.2) is 0 Å². The molecule has 0 saturated heterocycles. The highest BCUT2D eigenvalue weighted by molar-refractivity contribution is 7.80. The topological polar surface area (TPSA) is 154 Å². The van der Waals surface area contributed by atoms with Crippen LogP contribution >= 0.6 is 0 Å². The summed E-state index contributed by atoms with van der Waals surface area (Å²) in [4.78, 5) is 25.5. The van der Waals surface area contributed by atoms with Gasteiger partial charge in [-0.3, -0.25) is 18.3 Å². The van der Waals surface area contributed by atoms with Crippen molar-refractivity contribution in [2.24, 2.45) is 0 Å². The summed E-state index contributed by atoms with van der Waals surface area (Å²) in [5.41, 5.74) is -0.824. The van der Waals surface area contributed by atoms with Crippen LogP contribution in [0.3, 0.4) is 0 Å². The van der Waals surface area contributed by atoms with Crippen molar-refractivity contribution in [1.29, 1.82) is 0 Å². The summed E-state index contributed by atoms with van der Waals surface area (Å²) in [6.45, 7) is 8.23. The van der Waals surface area contributed by atoms with Crippen molar-refractivity contribution in [1.82, 2.24) is 16.0 Å². The zero-order valence-electron chi connectivity index (χ0n) is 36.8. The predicted molar refractivity (Wildman–Crippen MR) is 232 cm³/mol. The van der Waals surface area contributed by atoms with Crippen LogP contribution in [-0.2, 0) is 24.2 Å². The molecular weight excluding hydrogens is 715 g/mol. The average Bonchev–Trinajstić information content (AvgIpc) is 3.15. The minimum absolute atomic E-state index is 0.0200. The number of unbranched alkanes of at least 4 members (excludes halogenated alkanes) is 28. The van der Waals surface area contributed by atoms with E-state index in [0.29, 0.717) is 12.8 Å². The number of amides is 2. The SMILES string of the molecule is CCCCCCCCCCCCCCCCCC(=O)NC(C)C(CO)(NC)C(C)NC(=O)CCCCCCCCCCCCCCCCC.COS(=O)(=O)O. The first kappa shape index (κ1) is 55.8. The summed E-state index contributed by atoms with van der Waals surface area (Å²) >= 11 is 0. The van der Waals surface area contributed by atoms with E-state index in [4.69, 9.17) is 4.55 Å². The van der Waals surface area contributed by atoms with Crippen LogP contribution in [0, 0.1) is 0 Å². The normalized spacial score (nSPS) is 13.7. The fourth-order valence-electron chi connectivity index (χ4n) is 7.36. The van der Waals surface area contributed by atoms with Crippen LogP contribution < -0.4 is 16.0 Å². The van der Waals surface area contributed by atoms with E-state index >= 15 is 0 Å². The molecule has 0 aromatic rings. The summed E-state index contributed by atoms with van der Waals surface area (Å²) in [6, 6.07) is -0.653. The third-order valence-corrected chi connectivity index (χ3v) is 11.7. The molecule has 0 spiro atoms. The second kappa shape index (κ2) is 39.6. The molecule has 0 fully saturated rings. The molecule has 0 aliphatic heterocycles. The average molecular weight is 806 g/mol. The molecular formula is C44H91N3O7S. The van der Waals surface area contributed by atoms with E-state index in [1.165, 1.54) is 167 Å². The molecule has 55 heavy (non-hydrogen) atoms. The molecule has 0 rings (SSSR count). The Bertz CT molecular complexity index is 907. The Morgan fingerprint density at radius 3 is 0.927 bits per heavy atom. The quantitative estimate of drug-likeness (QED) is 0.0304. The number of aliphatic hydroxyl groups is 1. The third kappa shape index (κ3) is 35.6. The van der Waals surface area contributed by atoms with Crippen LogP contribution in [0.25, 0.3) is 0 Å². The van der Waals surface area contributed by atoms with E-state index < -0.39 is 15.9 Å². The third-order valence-electron chi connectivity index (χ3n) is 11.3. The summed E-state index contributed by atoms with van der Waals surface area (Å²) in [6.07, 6.45) is 40.2. The van der Waals surface area contributed by atoms with Crippen LogP contribution in [-0.4, -0.2) is 68.3 Å². The fraction of sp³-hybridized carbons (Fsp3) is 0.955. The Morgan fingerprint density at radius 2 is 0.745 bits per heavy atom. The van der Waals surface area contributed by atoms with Gasteiger partial charge in [-0.25, -0.2) is 0 Å². The van der Waals surface area contributed by atoms with Crippen molar-refractivity contribution in [2.75, 3.05) is 20.8 Å². The van der Waals surface area contributed by atoms with E-state index in [-0.39, 0.29) is 30.5 Å². The Hall–Kier alpha value is -1.27. The van der Waals surface area contributed by atoms with Crippen LogP contribution in [0.4, 0.5) is 0 Å². The first-order chi connectivity index (χ1) is 26.4. The maximum absolute atomic E-state index is 12.8. The molecule has 2 unspecified atom stereocenters. The van der Waals surface area contributed by atoms with Crippen molar-refractivity contribution in [2.45, 2.75) is 251 Å². The Kier molecular flexibility index (Phi) is 40.1. The van der Waals surface area contributed by atoms with Crippen molar-refractivity contribution in [3.8, 4) is 0 Å². The van der Waals surface area contributed by atoms with Gasteiger partial charge in [-0.05, 0) is 33.7 Å². The minimum Gasteiger partial charge on any atom is -0.394 e. The molecule has 0 bridgehead atoms. The molecule has 0 radical (unpaired) electrons. The van der Waals surface area contributed by atoms with Gasteiger partial charge in [-0.1, -0.05) is 194 Å². The molecule has 0 aliphatic rings. The van der Waals surface area contributed by atoms with E-state index in [1.807, 2.05) is 13.8 Å². The first-order valence-electron chi connectivity index (χ1n) is 22.8. The molecule has 0 saturated carbocycles. The van der Waals surface area contributed by atoms with Crippen molar-refractivity contribution < 1.29 is 31.8 Å². The van der Waals surface area contributed by atoms with Gasteiger partial charge in [0.05, 0.1) is 19.3 Å².